The molecule has 1 saturated carbocycles. The van der Waals surface area contributed by atoms with Crippen LogP contribution in [0.25, 0.3) is 0 Å². The van der Waals surface area contributed by atoms with E-state index in [4.69, 9.17) is 4.74 Å². The van der Waals surface area contributed by atoms with Crippen molar-refractivity contribution in [2.24, 2.45) is 5.41 Å². The summed E-state index contributed by atoms with van der Waals surface area (Å²) in [6.45, 7) is 9.20. The molecule has 0 heterocycles. The monoisotopic (exact) mass is 397 g/mol. The average molecular weight is 397 g/mol. The van der Waals surface area contributed by atoms with E-state index < -0.39 is 32.7 Å². The lowest BCUT2D eigenvalue weighted by Crippen LogP contribution is -2.76. The molecule has 0 spiro atoms. The number of sulfone groups is 1. The molecule has 2 rings (SSSR count). The number of rotatable bonds is 6. The van der Waals surface area contributed by atoms with Gasteiger partial charge >= 0.3 is 5.97 Å². The Morgan fingerprint density at radius 1 is 1.30 bits per heavy atom. The Morgan fingerprint density at radius 3 is 2.33 bits per heavy atom. The standard InChI is InChI=1S/C19H27NO6S/c1-7-26-15-10-19(17(22)23,18(15,4)5)20-16(21)14-9-13(27(6,24)25)8-11(2)12(14)3/h8-9,15H,7,10H2,1-6H3,(H,20,21)(H,22,23). The minimum absolute atomic E-state index is 0.0280. The highest BCUT2D eigenvalue weighted by molar-refractivity contribution is 7.90. The topological polar surface area (TPSA) is 110 Å². The molecular weight excluding hydrogens is 370 g/mol. The molecule has 1 fully saturated rings. The molecule has 7 nitrogen and oxygen atoms in total. The number of carbonyl (C=O) groups excluding carboxylic acids is 1. The van der Waals surface area contributed by atoms with Crippen LogP contribution >= 0.6 is 0 Å². The Morgan fingerprint density at radius 2 is 1.89 bits per heavy atom. The summed E-state index contributed by atoms with van der Waals surface area (Å²) in [7, 11) is -3.50. The molecule has 1 amide bonds. The normalized spacial score (nSPS) is 24.1. The first-order chi connectivity index (χ1) is 12.3. The van der Waals surface area contributed by atoms with Crippen LogP contribution in [0.4, 0.5) is 0 Å². The van der Waals surface area contributed by atoms with Crippen molar-refractivity contribution in [2.75, 3.05) is 12.9 Å². The van der Waals surface area contributed by atoms with Gasteiger partial charge in [-0.1, -0.05) is 13.8 Å². The molecule has 2 unspecified atom stereocenters. The van der Waals surface area contributed by atoms with E-state index in [0.717, 1.165) is 6.26 Å². The van der Waals surface area contributed by atoms with E-state index in [1.54, 1.807) is 27.7 Å². The minimum atomic E-state index is -3.50. The second-order valence-corrected chi connectivity index (χ2v) is 9.74. The molecule has 8 heteroatoms. The number of benzene rings is 1. The lowest BCUT2D eigenvalue weighted by molar-refractivity contribution is -0.190. The number of aryl methyl sites for hydroxylation is 1. The third-order valence-corrected chi connectivity index (χ3v) is 6.86. The summed E-state index contributed by atoms with van der Waals surface area (Å²) in [6.07, 6.45) is 0.932. The summed E-state index contributed by atoms with van der Waals surface area (Å²) in [6, 6.07) is 2.81. The van der Waals surface area contributed by atoms with Crippen LogP contribution in [0.15, 0.2) is 17.0 Å². The van der Waals surface area contributed by atoms with Crippen LogP contribution in [-0.4, -0.2) is 49.9 Å². The van der Waals surface area contributed by atoms with Crippen molar-refractivity contribution in [1.29, 1.82) is 0 Å². The second kappa shape index (κ2) is 6.91. The van der Waals surface area contributed by atoms with Crippen molar-refractivity contribution < 1.29 is 27.9 Å². The molecule has 150 valence electrons. The smallest absolute Gasteiger partial charge is 0.330 e. The molecule has 27 heavy (non-hydrogen) atoms. The number of hydrogen-bond donors (Lipinski definition) is 2. The number of hydrogen-bond acceptors (Lipinski definition) is 5. The van der Waals surface area contributed by atoms with Crippen LogP contribution in [0.5, 0.6) is 0 Å². The molecule has 1 aromatic carbocycles. The molecule has 0 aliphatic heterocycles. The van der Waals surface area contributed by atoms with Crippen molar-refractivity contribution in [3.05, 3.63) is 28.8 Å². The maximum Gasteiger partial charge on any atom is 0.330 e. The Balaban J connectivity index is 2.44. The molecule has 1 aromatic rings. The van der Waals surface area contributed by atoms with Crippen LogP contribution in [0, 0.1) is 19.3 Å². The van der Waals surface area contributed by atoms with Gasteiger partial charge in [0.25, 0.3) is 5.91 Å². The third-order valence-electron chi connectivity index (χ3n) is 5.77. The fraction of sp³-hybridized carbons (Fsp3) is 0.579. The van der Waals surface area contributed by atoms with E-state index in [-0.39, 0.29) is 23.0 Å². The molecule has 0 radical (unpaired) electrons. The second-order valence-electron chi connectivity index (χ2n) is 7.72. The Hall–Kier alpha value is -1.93. The number of amides is 1. The fourth-order valence-electron chi connectivity index (χ4n) is 3.57. The van der Waals surface area contributed by atoms with Gasteiger partial charge in [0.05, 0.1) is 11.0 Å². The van der Waals surface area contributed by atoms with Crippen molar-refractivity contribution in [2.45, 2.75) is 57.6 Å². The third kappa shape index (κ3) is 3.48. The van der Waals surface area contributed by atoms with Gasteiger partial charge in [-0.3, -0.25) is 4.79 Å². The number of nitrogens with one attached hydrogen (secondary N) is 1. The van der Waals surface area contributed by atoms with Crippen LogP contribution in [0.3, 0.4) is 0 Å². The Bertz CT molecular complexity index is 890. The molecule has 2 N–H and O–H groups in total. The van der Waals surface area contributed by atoms with E-state index in [0.29, 0.717) is 17.7 Å². The van der Waals surface area contributed by atoms with Gasteiger partial charge in [-0.15, -0.1) is 0 Å². The predicted octanol–water partition coefficient (Wildman–Crippen LogP) is 2.10. The van der Waals surface area contributed by atoms with Crippen LogP contribution in [-0.2, 0) is 19.4 Å². The van der Waals surface area contributed by atoms with Gasteiger partial charge in [0.15, 0.2) is 9.84 Å². The first kappa shape index (κ1) is 21.4. The molecule has 2 atom stereocenters. The lowest BCUT2D eigenvalue weighted by Gasteiger charge is -2.58. The first-order valence-electron chi connectivity index (χ1n) is 8.76. The summed E-state index contributed by atoms with van der Waals surface area (Å²) < 4.78 is 29.4. The number of carboxylic acids is 1. The van der Waals surface area contributed by atoms with Gasteiger partial charge in [0.2, 0.25) is 0 Å². The SMILES string of the molecule is CCOC1CC(NC(=O)c2cc(S(C)(=O)=O)cc(C)c2C)(C(=O)O)C1(C)C. The number of aliphatic carboxylic acids is 1. The zero-order valence-electron chi connectivity index (χ0n) is 16.5. The Kier molecular flexibility index (Phi) is 5.47. The number of carboxylic acid groups (broad SMARTS) is 1. The minimum Gasteiger partial charge on any atom is -0.479 e. The van der Waals surface area contributed by atoms with Gasteiger partial charge in [-0.05, 0) is 44.0 Å². The van der Waals surface area contributed by atoms with Crippen LogP contribution in [0.1, 0.15) is 48.7 Å². The molecule has 0 saturated heterocycles. The van der Waals surface area contributed by atoms with E-state index in [9.17, 15) is 23.1 Å². The summed E-state index contributed by atoms with van der Waals surface area (Å²) in [5, 5.41) is 12.5. The summed E-state index contributed by atoms with van der Waals surface area (Å²) in [5.74, 6) is -1.74. The summed E-state index contributed by atoms with van der Waals surface area (Å²) >= 11 is 0. The van der Waals surface area contributed by atoms with Gasteiger partial charge in [0.1, 0.15) is 5.54 Å². The lowest BCUT2D eigenvalue weighted by atomic mass is 9.54. The van der Waals surface area contributed by atoms with Crippen molar-refractivity contribution in [1.82, 2.24) is 5.32 Å². The van der Waals surface area contributed by atoms with E-state index in [2.05, 4.69) is 5.32 Å². The number of ether oxygens (including phenoxy) is 1. The molecule has 0 aromatic heterocycles. The van der Waals surface area contributed by atoms with E-state index >= 15 is 0 Å². The summed E-state index contributed by atoms with van der Waals surface area (Å²) in [4.78, 5) is 25.0. The highest BCUT2D eigenvalue weighted by atomic mass is 32.2. The average Bonchev–Trinajstić information content (AvgIpc) is 2.54. The van der Waals surface area contributed by atoms with Gasteiger partial charge < -0.3 is 15.2 Å². The van der Waals surface area contributed by atoms with Crippen LogP contribution < -0.4 is 5.32 Å². The largest absolute Gasteiger partial charge is 0.479 e. The van der Waals surface area contributed by atoms with Crippen molar-refractivity contribution in [3.63, 3.8) is 0 Å². The van der Waals surface area contributed by atoms with Crippen LogP contribution in [0.2, 0.25) is 0 Å². The number of carbonyl (C=O) groups is 2. The molecular formula is C19H27NO6S. The van der Waals surface area contributed by atoms with Gasteiger partial charge in [-0.25, -0.2) is 13.2 Å². The van der Waals surface area contributed by atoms with E-state index in [1.807, 2.05) is 6.92 Å². The quantitative estimate of drug-likeness (QED) is 0.761. The molecule has 1 aliphatic rings. The maximum atomic E-state index is 13.0. The highest BCUT2D eigenvalue weighted by Crippen LogP contribution is 2.51. The fourth-order valence-corrected chi connectivity index (χ4v) is 4.30. The Labute approximate surface area is 160 Å². The van der Waals surface area contributed by atoms with Gasteiger partial charge in [0, 0.05) is 30.3 Å². The zero-order chi connectivity index (χ0) is 20.8. The van der Waals surface area contributed by atoms with Crippen molar-refractivity contribution in [3.8, 4) is 0 Å². The van der Waals surface area contributed by atoms with Gasteiger partial charge in [-0.2, -0.15) is 0 Å². The maximum absolute atomic E-state index is 13.0. The first-order valence-corrected chi connectivity index (χ1v) is 10.7. The predicted molar refractivity (Wildman–Crippen MR) is 101 cm³/mol. The highest BCUT2D eigenvalue weighted by Gasteiger charge is 2.66. The summed E-state index contributed by atoms with van der Waals surface area (Å²) in [5.41, 5.74) is -0.883. The zero-order valence-corrected chi connectivity index (χ0v) is 17.4. The molecule has 1 aliphatic carbocycles. The molecule has 0 bridgehead atoms. The van der Waals surface area contributed by atoms with E-state index in [1.165, 1.54) is 12.1 Å². The van der Waals surface area contributed by atoms with Crippen molar-refractivity contribution >= 4 is 21.7 Å².